The van der Waals surface area contributed by atoms with Gasteiger partial charge in [-0.25, -0.2) is 0 Å². The maximum Gasteiger partial charge on any atom is 0.303 e. The molecule has 2 atom stereocenters. The minimum Gasteiger partial charge on any atom is -0.457 e. The van der Waals surface area contributed by atoms with Crippen molar-refractivity contribution in [3.63, 3.8) is 0 Å². The molecule has 0 unspecified atom stereocenters. The van der Waals surface area contributed by atoms with Crippen molar-refractivity contribution in [2.45, 2.75) is 26.1 Å². The van der Waals surface area contributed by atoms with Crippen LogP contribution in [0, 0.1) is 0 Å². The molecule has 0 bridgehead atoms. The highest BCUT2D eigenvalue weighted by atomic mass is 16.6. The van der Waals surface area contributed by atoms with E-state index in [4.69, 9.17) is 9.47 Å². The third-order valence-electron chi connectivity index (χ3n) is 2.03. The topological polar surface area (TPSA) is 55.8 Å². The minimum absolute atomic E-state index is 0.332. The van der Waals surface area contributed by atoms with Crippen molar-refractivity contribution in [1.82, 2.24) is 4.90 Å². The molecular formula is C9H15NO4. The first-order chi connectivity index (χ1) is 6.49. The summed E-state index contributed by atoms with van der Waals surface area (Å²) < 4.78 is 10.1. The zero-order valence-corrected chi connectivity index (χ0v) is 8.65. The van der Waals surface area contributed by atoms with E-state index in [1.54, 1.807) is 0 Å². The zero-order chi connectivity index (χ0) is 10.7. The largest absolute Gasteiger partial charge is 0.457 e. The Morgan fingerprint density at radius 3 is 1.71 bits per heavy atom. The Balaban J connectivity index is 2.53. The summed E-state index contributed by atoms with van der Waals surface area (Å²) >= 11 is 0. The van der Waals surface area contributed by atoms with E-state index in [2.05, 4.69) is 0 Å². The summed E-state index contributed by atoms with van der Waals surface area (Å²) in [7, 11) is 1.89. The standard InChI is InChI=1S/C9H15NO4/c1-6(11)13-8-4-10(3)5-9(8)14-7(2)12/h8-9H,4-5H2,1-3H3/t8-,9-/m0/s1. The van der Waals surface area contributed by atoms with Crippen molar-refractivity contribution in [2.24, 2.45) is 0 Å². The number of carbonyl (C=O) groups is 2. The Labute approximate surface area is 83.0 Å². The number of esters is 2. The summed E-state index contributed by atoms with van der Waals surface area (Å²) in [5.74, 6) is -0.690. The molecule has 0 amide bonds. The van der Waals surface area contributed by atoms with Crippen molar-refractivity contribution < 1.29 is 19.1 Å². The molecule has 1 saturated heterocycles. The molecule has 0 aliphatic carbocycles. The molecule has 5 heteroatoms. The molecule has 0 spiro atoms. The van der Waals surface area contributed by atoms with Crippen LogP contribution in [0.1, 0.15) is 13.8 Å². The van der Waals surface area contributed by atoms with E-state index < -0.39 is 0 Å². The Morgan fingerprint density at radius 1 is 1.07 bits per heavy atom. The lowest BCUT2D eigenvalue weighted by Crippen LogP contribution is -2.32. The Hall–Kier alpha value is -1.10. The van der Waals surface area contributed by atoms with Crippen LogP contribution in [0.2, 0.25) is 0 Å². The van der Waals surface area contributed by atoms with Crippen LogP contribution in [-0.4, -0.2) is 49.2 Å². The summed E-state index contributed by atoms with van der Waals surface area (Å²) in [4.78, 5) is 23.5. The van der Waals surface area contributed by atoms with E-state index in [0.29, 0.717) is 13.1 Å². The van der Waals surface area contributed by atoms with Crippen molar-refractivity contribution in [3.8, 4) is 0 Å². The summed E-state index contributed by atoms with van der Waals surface area (Å²) in [6, 6.07) is 0. The van der Waals surface area contributed by atoms with Gasteiger partial charge in [0.25, 0.3) is 0 Å². The third-order valence-corrected chi connectivity index (χ3v) is 2.03. The van der Waals surface area contributed by atoms with Crippen LogP contribution in [-0.2, 0) is 19.1 Å². The molecule has 0 aromatic heterocycles. The fraction of sp³-hybridized carbons (Fsp3) is 0.778. The molecular weight excluding hydrogens is 186 g/mol. The van der Waals surface area contributed by atoms with E-state index in [-0.39, 0.29) is 24.1 Å². The molecule has 14 heavy (non-hydrogen) atoms. The second-order valence-corrected chi connectivity index (χ2v) is 3.52. The fourth-order valence-corrected chi connectivity index (χ4v) is 1.58. The zero-order valence-electron chi connectivity index (χ0n) is 8.65. The maximum atomic E-state index is 10.8. The van der Waals surface area contributed by atoms with Crippen LogP contribution in [0.3, 0.4) is 0 Å². The van der Waals surface area contributed by atoms with E-state index in [1.165, 1.54) is 13.8 Å². The highest BCUT2D eigenvalue weighted by Crippen LogP contribution is 2.15. The van der Waals surface area contributed by atoms with Gasteiger partial charge in [0.15, 0.2) is 12.2 Å². The number of ether oxygens (including phenoxy) is 2. The van der Waals surface area contributed by atoms with E-state index >= 15 is 0 Å². The van der Waals surface area contributed by atoms with Gasteiger partial charge in [-0.1, -0.05) is 0 Å². The smallest absolute Gasteiger partial charge is 0.303 e. The Kier molecular flexibility index (Phi) is 3.46. The Morgan fingerprint density at radius 2 is 1.43 bits per heavy atom. The monoisotopic (exact) mass is 201 g/mol. The second kappa shape index (κ2) is 4.41. The number of hydrogen-bond acceptors (Lipinski definition) is 5. The van der Waals surface area contributed by atoms with Crippen LogP contribution in [0.25, 0.3) is 0 Å². The van der Waals surface area contributed by atoms with Gasteiger partial charge in [-0.15, -0.1) is 0 Å². The molecule has 0 aromatic rings. The van der Waals surface area contributed by atoms with E-state index in [1.807, 2.05) is 11.9 Å². The highest BCUT2D eigenvalue weighted by molar-refractivity contribution is 5.67. The van der Waals surface area contributed by atoms with Gasteiger partial charge in [0, 0.05) is 26.9 Å². The van der Waals surface area contributed by atoms with E-state index in [0.717, 1.165) is 0 Å². The molecule has 0 saturated carbocycles. The van der Waals surface area contributed by atoms with Gasteiger partial charge in [-0.3, -0.25) is 14.5 Å². The molecule has 1 fully saturated rings. The van der Waals surface area contributed by atoms with Gasteiger partial charge in [-0.2, -0.15) is 0 Å². The summed E-state index contributed by atoms with van der Waals surface area (Å²) in [6.07, 6.45) is -0.664. The molecule has 1 heterocycles. The molecule has 5 nitrogen and oxygen atoms in total. The summed E-state index contributed by atoms with van der Waals surface area (Å²) in [6.45, 7) is 3.92. The van der Waals surface area contributed by atoms with Crippen LogP contribution in [0.5, 0.6) is 0 Å². The lowest BCUT2D eigenvalue weighted by atomic mass is 10.2. The predicted molar refractivity (Wildman–Crippen MR) is 48.6 cm³/mol. The van der Waals surface area contributed by atoms with Gasteiger partial charge in [0.1, 0.15) is 0 Å². The third kappa shape index (κ3) is 2.99. The first-order valence-corrected chi connectivity index (χ1v) is 4.52. The summed E-state index contributed by atoms with van der Waals surface area (Å²) in [5, 5.41) is 0. The quantitative estimate of drug-likeness (QED) is 0.579. The van der Waals surface area contributed by atoms with Crippen molar-refractivity contribution in [3.05, 3.63) is 0 Å². The first kappa shape index (κ1) is 11.0. The predicted octanol–water partition coefficient (Wildman–Crippen LogP) is -0.205. The van der Waals surface area contributed by atoms with Gasteiger partial charge in [0.2, 0.25) is 0 Å². The highest BCUT2D eigenvalue weighted by Gasteiger charge is 2.35. The Bertz CT molecular complexity index is 217. The summed E-state index contributed by atoms with van der Waals surface area (Å²) in [5.41, 5.74) is 0. The molecule has 0 N–H and O–H groups in total. The van der Waals surface area contributed by atoms with Crippen molar-refractivity contribution in [1.29, 1.82) is 0 Å². The van der Waals surface area contributed by atoms with Crippen LogP contribution < -0.4 is 0 Å². The number of rotatable bonds is 2. The fourth-order valence-electron chi connectivity index (χ4n) is 1.58. The van der Waals surface area contributed by atoms with E-state index in [9.17, 15) is 9.59 Å². The number of likely N-dealkylation sites (N-methyl/N-ethyl adjacent to an activating group) is 1. The lowest BCUT2D eigenvalue weighted by molar-refractivity contribution is -0.160. The first-order valence-electron chi connectivity index (χ1n) is 4.52. The number of likely N-dealkylation sites (tertiary alicyclic amines) is 1. The van der Waals surface area contributed by atoms with Gasteiger partial charge >= 0.3 is 11.9 Å². The average Bonchev–Trinajstić information content (AvgIpc) is 2.28. The maximum absolute atomic E-state index is 10.8. The van der Waals surface area contributed by atoms with Crippen LogP contribution >= 0.6 is 0 Å². The molecule has 80 valence electrons. The molecule has 1 rings (SSSR count). The second-order valence-electron chi connectivity index (χ2n) is 3.52. The molecule has 0 aromatic carbocycles. The van der Waals surface area contributed by atoms with Crippen LogP contribution in [0.4, 0.5) is 0 Å². The van der Waals surface area contributed by atoms with Crippen LogP contribution in [0.15, 0.2) is 0 Å². The SMILES string of the molecule is CC(=O)O[C@H]1CN(C)C[C@@H]1OC(C)=O. The van der Waals surface area contributed by atoms with Gasteiger partial charge < -0.3 is 9.47 Å². The van der Waals surface area contributed by atoms with Crippen molar-refractivity contribution in [2.75, 3.05) is 20.1 Å². The number of carbonyl (C=O) groups excluding carboxylic acids is 2. The average molecular weight is 201 g/mol. The lowest BCUT2D eigenvalue weighted by Gasteiger charge is -2.17. The van der Waals surface area contributed by atoms with Crippen molar-refractivity contribution >= 4 is 11.9 Å². The van der Waals surface area contributed by atoms with Gasteiger partial charge in [-0.05, 0) is 7.05 Å². The molecule has 1 aliphatic rings. The molecule has 0 radical (unpaired) electrons. The number of nitrogens with zero attached hydrogens (tertiary/aromatic N) is 1. The normalized spacial score (nSPS) is 27.4. The minimum atomic E-state index is -0.345. The molecule has 1 aliphatic heterocycles. The number of hydrogen-bond donors (Lipinski definition) is 0. The van der Waals surface area contributed by atoms with Gasteiger partial charge in [0.05, 0.1) is 0 Å².